The molecule has 0 N–H and O–H groups in total. The monoisotopic (exact) mass is 408 g/mol. The molecule has 2 nitrogen and oxygen atoms in total. The first-order valence-electron chi connectivity index (χ1n) is 12.6. The smallest absolute Gasteiger partial charge is 0.305 e. The molecule has 4 rings (SSSR count). The number of carbonyl (C=O) groups is 1. The SMILES string of the molecule is CC.COC(=O)CCCC1CCC2C3CCC4CCC(F)CC4(C)C3CCC12C. The molecule has 0 amide bonds. The fourth-order valence-electron chi connectivity index (χ4n) is 8.47. The van der Waals surface area contributed by atoms with Gasteiger partial charge in [-0.15, -0.1) is 0 Å². The number of methoxy groups -OCH3 is 1. The molecule has 0 heterocycles. The molecule has 4 saturated carbocycles. The minimum atomic E-state index is -0.562. The number of rotatable bonds is 4. The largest absolute Gasteiger partial charge is 0.469 e. The van der Waals surface area contributed by atoms with E-state index in [0.29, 0.717) is 11.8 Å². The van der Waals surface area contributed by atoms with E-state index in [0.717, 1.165) is 55.3 Å². The van der Waals surface area contributed by atoms with Crippen molar-refractivity contribution in [1.29, 1.82) is 0 Å². The van der Waals surface area contributed by atoms with Crippen molar-refractivity contribution in [2.24, 2.45) is 40.4 Å². The molecule has 0 aliphatic heterocycles. The van der Waals surface area contributed by atoms with Crippen molar-refractivity contribution in [2.45, 2.75) is 111 Å². The van der Waals surface area contributed by atoms with Crippen LogP contribution in [0.1, 0.15) is 105 Å². The molecular weight excluding hydrogens is 363 g/mol. The van der Waals surface area contributed by atoms with E-state index >= 15 is 0 Å². The van der Waals surface area contributed by atoms with Gasteiger partial charge in [0.15, 0.2) is 0 Å². The summed E-state index contributed by atoms with van der Waals surface area (Å²) in [6.45, 7) is 9.00. The third-order valence-corrected chi connectivity index (χ3v) is 9.91. The van der Waals surface area contributed by atoms with Crippen molar-refractivity contribution >= 4 is 5.97 Å². The number of hydrogen-bond acceptors (Lipinski definition) is 2. The number of halogens is 1. The van der Waals surface area contributed by atoms with Crippen molar-refractivity contribution in [2.75, 3.05) is 7.11 Å². The number of carbonyl (C=O) groups excluding carboxylic acids is 1. The summed E-state index contributed by atoms with van der Waals surface area (Å²) in [5, 5.41) is 0. The number of esters is 1. The number of fused-ring (bicyclic) bond motifs is 5. The normalized spacial score (nSPS) is 45.9. The quantitative estimate of drug-likeness (QED) is 0.454. The Labute approximate surface area is 178 Å². The highest BCUT2D eigenvalue weighted by atomic mass is 19.1. The lowest BCUT2D eigenvalue weighted by Gasteiger charge is -2.61. The van der Waals surface area contributed by atoms with E-state index in [1.165, 1.54) is 52.1 Å². The number of ether oxygens (including phenoxy) is 1. The van der Waals surface area contributed by atoms with Gasteiger partial charge in [0, 0.05) is 6.42 Å². The van der Waals surface area contributed by atoms with E-state index in [1.807, 2.05) is 13.8 Å². The zero-order chi connectivity index (χ0) is 21.2. The van der Waals surface area contributed by atoms with Crippen LogP contribution in [0.4, 0.5) is 4.39 Å². The molecular formula is C26H45FO2. The first-order valence-corrected chi connectivity index (χ1v) is 12.6. The van der Waals surface area contributed by atoms with Crippen molar-refractivity contribution < 1.29 is 13.9 Å². The Kier molecular flexibility index (Phi) is 7.37. The maximum Gasteiger partial charge on any atom is 0.305 e. The second-order valence-electron chi connectivity index (χ2n) is 10.8. The predicted octanol–water partition coefficient (Wildman–Crippen LogP) is 7.35. The van der Waals surface area contributed by atoms with Crippen LogP contribution in [0.2, 0.25) is 0 Å². The van der Waals surface area contributed by atoms with Gasteiger partial charge in [-0.25, -0.2) is 4.39 Å². The van der Waals surface area contributed by atoms with E-state index in [1.54, 1.807) is 0 Å². The van der Waals surface area contributed by atoms with Crippen LogP contribution in [0.25, 0.3) is 0 Å². The van der Waals surface area contributed by atoms with Crippen LogP contribution in [0, 0.1) is 40.4 Å². The Morgan fingerprint density at radius 1 is 0.966 bits per heavy atom. The maximum atomic E-state index is 14.4. The van der Waals surface area contributed by atoms with Gasteiger partial charge >= 0.3 is 5.97 Å². The van der Waals surface area contributed by atoms with Gasteiger partial charge < -0.3 is 4.74 Å². The molecule has 0 aromatic heterocycles. The predicted molar refractivity (Wildman–Crippen MR) is 117 cm³/mol. The van der Waals surface area contributed by atoms with E-state index in [-0.39, 0.29) is 11.4 Å². The topological polar surface area (TPSA) is 26.3 Å². The fraction of sp³-hybridized carbons (Fsp3) is 0.962. The molecule has 0 saturated heterocycles. The Balaban J connectivity index is 0.00000117. The second-order valence-corrected chi connectivity index (χ2v) is 10.8. The Hall–Kier alpha value is -0.600. The first kappa shape index (κ1) is 23.1. The zero-order valence-corrected chi connectivity index (χ0v) is 19.6. The van der Waals surface area contributed by atoms with Crippen LogP contribution in [0.15, 0.2) is 0 Å². The summed E-state index contributed by atoms with van der Waals surface area (Å²) in [5.74, 6) is 3.87. The highest BCUT2D eigenvalue weighted by Gasteiger charge is 2.60. The van der Waals surface area contributed by atoms with Crippen LogP contribution in [0.3, 0.4) is 0 Å². The van der Waals surface area contributed by atoms with Gasteiger partial charge in [0.1, 0.15) is 6.17 Å². The van der Waals surface area contributed by atoms with Crippen LogP contribution >= 0.6 is 0 Å². The minimum Gasteiger partial charge on any atom is -0.469 e. The molecule has 8 unspecified atom stereocenters. The van der Waals surface area contributed by atoms with Gasteiger partial charge in [-0.1, -0.05) is 27.7 Å². The van der Waals surface area contributed by atoms with Crippen LogP contribution in [-0.4, -0.2) is 19.3 Å². The molecule has 29 heavy (non-hydrogen) atoms. The Morgan fingerprint density at radius 2 is 1.66 bits per heavy atom. The lowest BCUT2D eigenvalue weighted by atomic mass is 9.44. The van der Waals surface area contributed by atoms with Gasteiger partial charge in [0.05, 0.1) is 7.11 Å². The molecule has 4 aliphatic rings. The van der Waals surface area contributed by atoms with Crippen molar-refractivity contribution in [1.82, 2.24) is 0 Å². The van der Waals surface area contributed by atoms with Crippen LogP contribution < -0.4 is 0 Å². The van der Waals surface area contributed by atoms with Gasteiger partial charge in [0.25, 0.3) is 0 Å². The third kappa shape index (κ3) is 4.13. The molecule has 8 atom stereocenters. The van der Waals surface area contributed by atoms with Crippen molar-refractivity contribution in [3.8, 4) is 0 Å². The lowest BCUT2D eigenvalue weighted by Crippen LogP contribution is -2.53. The van der Waals surface area contributed by atoms with Crippen molar-refractivity contribution in [3.05, 3.63) is 0 Å². The van der Waals surface area contributed by atoms with Crippen molar-refractivity contribution in [3.63, 3.8) is 0 Å². The molecule has 168 valence electrons. The zero-order valence-electron chi connectivity index (χ0n) is 19.6. The standard InChI is InChI=1S/C24H39FO2.C2H6/c1-23-14-13-21-19(11-8-17-7-10-18(25)15-24(17,21)2)20(23)12-9-16(23)5-4-6-22(26)27-3;1-2/h16-21H,4-15H2,1-3H3;1-2H3. The maximum absolute atomic E-state index is 14.4. The molecule has 0 bridgehead atoms. The van der Waals surface area contributed by atoms with Gasteiger partial charge in [-0.3, -0.25) is 4.79 Å². The van der Waals surface area contributed by atoms with Crippen LogP contribution in [0.5, 0.6) is 0 Å². The highest BCUT2D eigenvalue weighted by Crippen LogP contribution is 2.68. The summed E-state index contributed by atoms with van der Waals surface area (Å²) in [4.78, 5) is 11.5. The van der Waals surface area contributed by atoms with Crippen LogP contribution in [-0.2, 0) is 9.53 Å². The summed E-state index contributed by atoms with van der Waals surface area (Å²) in [6.07, 6.45) is 12.9. The minimum absolute atomic E-state index is 0.0669. The number of hydrogen-bond donors (Lipinski definition) is 0. The van der Waals surface area contributed by atoms with Gasteiger partial charge in [0.2, 0.25) is 0 Å². The third-order valence-electron chi connectivity index (χ3n) is 9.91. The molecule has 0 aromatic carbocycles. The summed E-state index contributed by atoms with van der Waals surface area (Å²) < 4.78 is 19.2. The highest BCUT2D eigenvalue weighted by molar-refractivity contribution is 5.68. The summed E-state index contributed by atoms with van der Waals surface area (Å²) in [5.41, 5.74) is 0.704. The molecule has 4 fully saturated rings. The molecule has 0 spiro atoms. The van der Waals surface area contributed by atoms with Gasteiger partial charge in [-0.05, 0) is 111 Å². The Morgan fingerprint density at radius 3 is 2.38 bits per heavy atom. The van der Waals surface area contributed by atoms with Gasteiger partial charge in [-0.2, -0.15) is 0 Å². The van der Waals surface area contributed by atoms with E-state index in [4.69, 9.17) is 4.74 Å². The average molecular weight is 409 g/mol. The van der Waals surface area contributed by atoms with E-state index in [9.17, 15) is 9.18 Å². The summed E-state index contributed by atoms with van der Waals surface area (Å²) >= 11 is 0. The first-order chi connectivity index (χ1) is 13.9. The number of alkyl halides is 1. The molecule has 3 heteroatoms. The Bertz CT molecular complexity index is 563. The lowest BCUT2D eigenvalue weighted by molar-refractivity contribution is -0.141. The summed E-state index contributed by atoms with van der Waals surface area (Å²) in [6, 6.07) is 0. The second kappa shape index (κ2) is 9.27. The fourth-order valence-corrected chi connectivity index (χ4v) is 8.47. The molecule has 0 radical (unpaired) electrons. The molecule has 0 aromatic rings. The molecule has 4 aliphatic carbocycles. The van der Waals surface area contributed by atoms with E-state index in [2.05, 4.69) is 13.8 Å². The summed E-state index contributed by atoms with van der Waals surface area (Å²) in [7, 11) is 1.49. The average Bonchev–Trinajstić information content (AvgIpc) is 3.05. The van der Waals surface area contributed by atoms with E-state index < -0.39 is 6.17 Å².